The summed E-state index contributed by atoms with van der Waals surface area (Å²) in [5.74, 6) is 0.265. The summed E-state index contributed by atoms with van der Waals surface area (Å²) in [6, 6.07) is 30.3. The van der Waals surface area contributed by atoms with Crippen LogP contribution >= 0.6 is 0 Å². The van der Waals surface area contributed by atoms with Crippen molar-refractivity contribution in [1.82, 2.24) is 5.43 Å². The molecule has 0 heterocycles. The molecular formula is C27H24N2O. The van der Waals surface area contributed by atoms with Gasteiger partial charge in [-0.2, -0.15) is 5.10 Å². The third-order valence-electron chi connectivity index (χ3n) is 5.14. The molecule has 148 valence electrons. The quantitative estimate of drug-likeness (QED) is 0.407. The summed E-state index contributed by atoms with van der Waals surface area (Å²) in [5, 5.41) is 4.39. The average molecular weight is 393 g/mol. The Balaban J connectivity index is 1.46. The van der Waals surface area contributed by atoms with Crippen LogP contribution in [0.25, 0.3) is 12.2 Å². The van der Waals surface area contributed by atoms with Crippen LogP contribution in [0.2, 0.25) is 0 Å². The summed E-state index contributed by atoms with van der Waals surface area (Å²) in [6.07, 6.45) is 8.68. The zero-order chi connectivity index (χ0) is 20.6. The predicted octanol–water partition coefficient (Wildman–Crippen LogP) is 5.69. The summed E-state index contributed by atoms with van der Waals surface area (Å²) in [6.45, 7) is 0. The molecule has 1 amide bonds. The van der Waals surface area contributed by atoms with E-state index >= 15 is 0 Å². The van der Waals surface area contributed by atoms with Crippen molar-refractivity contribution in [2.45, 2.75) is 12.3 Å². The standard InChI is InChI=1S/C27H24N2O/c30-27(26-20-25(26)23-14-8-3-9-15-23)29-28-24(18-16-21-10-4-1-5-11-21)19-17-22-12-6-2-7-13-22/h1-19,25-26H,20H2,(H,29,30)/b18-16+,19-17+/t25-,26-/m0/s1. The molecule has 3 aromatic rings. The van der Waals surface area contributed by atoms with E-state index in [1.54, 1.807) is 0 Å². The van der Waals surface area contributed by atoms with Crippen LogP contribution in [0.1, 0.15) is 29.0 Å². The number of nitrogens with one attached hydrogen (secondary N) is 1. The van der Waals surface area contributed by atoms with Gasteiger partial charge in [0, 0.05) is 5.92 Å². The van der Waals surface area contributed by atoms with Gasteiger partial charge < -0.3 is 0 Å². The zero-order valence-electron chi connectivity index (χ0n) is 16.7. The van der Waals surface area contributed by atoms with Gasteiger partial charge in [0.15, 0.2) is 0 Å². The SMILES string of the molecule is O=C(NN=C(/C=C/c1ccccc1)/C=C/c1ccccc1)[C@H]1C[C@H]1c1ccccc1. The van der Waals surface area contributed by atoms with Gasteiger partial charge in [0.1, 0.15) is 0 Å². The molecule has 4 rings (SSSR count). The van der Waals surface area contributed by atoms with Gasteiger partial charge in [-0.25, -0.2) is 5.43 Å². The first kappa shape index (κ1) is 19.6. The van der Waals surface area contributed by atoms with Crippen LogP contribution in [0.3, 0.4) is 0 Å². The fourth-order valence-electron chi connectivity index (χ4n) is 3.38. The van der Waals surface area contributed by atoms with Crippen LogP contribution in [0.5, 0.6) is 0 Å². The first-order valence-corrected chi connectivity index (χ1v) is 10.2. The molecule has 0 spiro atoms. The van der Waals surface area contributed by atoms with Gasteiger partial charge in [-0.3, -0.25) is 4.79 Å². The van der Waals surface area contributed by atoms with Crippen LogP contribution < -0.4 is 5.43 Å². The summed E-state index contributed by atoms with van der Waals surface area (Å²) >= 11 is 0. The maximum absolute atomic E-state index is 12.6. The van der Waals surface area contributed by atoms with Gasteiger partial charge in [-0.05, 0) is 41.2 Å². The fraction of sp³-hybridized carbons (Fsp3) is 0.111. The number of carbonyl (C=O) groups is 1. The van der Waals surface area contributed by atoms with E-state index in [0.29, 0.717) is 11.6 Å². The highest BCUT2D eigenvalue weighted by molar-refractivity contribution is 6.09. The molecule has 1 fully saturated rings. The second kappa shape index (κ2) is 9.66. The van der Waals surface area contributed by atoms with E-state index in [1.807, 2.05) is 103 Å². The maximum atomic E-state index is 12.6. The minimum atomic E-state index is -0.0254. The lowest BCUT2D eigenvalue weighted by Crippen LogP contribution is -2.21. The number of benzene rings is 3. The van der Waals surface area contributed by atoms with Crippen molar-refractivity contribution in [2.24, 2.45) is 11.0 Å². The lowest BCUT2D eigenvalue weighted by molar-refractivity contribution is -0.122. The average Bonchev–Trinajstić information content (AvgIpc) is 3.61. The van der Waals surface area contributed by atoms with E-state index < -0.39 is 0 Å². The van der Waals surface area contributed by atoms with Gasteiger partial charge in [-0.1, -0.05) is 103 Å². The molecule has 0 saturated heterocycles. The van der Waals surface area contributed by atoms with E-state index in [1.165, 1.54) is 5.56 Å². The fourth-order valence-corrected chi connectivity index (χ4v) is 3.38. The highest BCUT2D eigenvalue weighted by Gasteiger charge is 2.43. The van der Waals surface area contributed by atoms with Crippen molar-refractivity contribution < 1.29 is 4.79 Å². The third kappa shape index (κ3) is 5.42. The van der Waals surface area contributed by atoms with E-state index in [9.17, 15) is 4.79 Å². The number of amides is 1. The van der Waals surface area contributed by atoms with E-state index in [0.717, 1.165) is 17.5 Å². The van der Waals surface area contributed by atoms with Crippen LogP contribution in [0, 0.1) is 5.92 Å². The van der Waals surface area contributed by atoms with Crippen LogP contribution in [0.4, 0.5) is 0 Å². The predicted molar refractivity (Wildman–Crippen MR) is 124 cm³/mol. The largest absolute Gasteiger partial charge is 0.273 e. The van der Waals surface area contributed by atoms with Crippen LogP contribution in [-0.4, -0.2) is 11.6 Å². The van der Waals surface area contributed by atoms with Gasteiger partial charge >= 0.3 is 0 Å². The van der Waals surface area contributed by atoms with E-state index in [4.69, 9.17) is 0 Å². The molecule has 1 saturated carbocycles. The van der Waals surface area contributed by atoms with Crippen molar-refractivity contribution in [3.8, 4) is 0 Å². The molecule has 30 heavy (non-hydrogen) atoms. The van der Waals surface area contributed by atoms with Crippen molar-refractivity contribution in [3.05, 3.63) is 120 Å². The number of nitrogens with zero attached hydrogens (tertiary/aromatic N) is 1. The maximum Gasteiger partial charge on any atom is 0.243 e. The molecule has 1 N–H and O–H groups in total. The molecule has 0 aromatic heterocycles. The topological polar surface area (TPSA) is 41.5 Å². The van der Waals surface area contributed by atoms with Gasteiger partial charge in [0.25, 0.3) is 0 Å². The molecule has 0 bridgehead atoms. The summed E-state index contributed by atoms with van der Waals surface area (Å²) in [5.41, 5.74) is 6.83. The van der Waals surface area contributed by atoms with E-state index in [-0.39, 0.29) is 11.8 Å². The first-order valence-electron chi connectivity index (χ1n) is 10.2. The minimum absolute atomic E-state index is 0.00592. The Morgan fingerprint density at radius 2 is 1.27 bits per heavy atom. The Morgan fingerprint density at radius 3 is 1.80 bits per heavy atom. The Hall–Kier alpha value is -3.72. The Kier molecular flexibility index (Phi) is 6.31. The van der Waals surface area contributed by atoms with Gasteiger partial charge in [0.2, 0.25) is 5.91 Å². The smallest absolute Gasteiger partial charge is 0.243 e. The molecule has 2 atom stereocenters. The zero-order valence-corrected chi connectivity index (χ0v) is 16.7. The number of hydrogen-bond donors (Lipinski definition) is 1. The van der Waals surface area contributed by atoms with Crippen LogP contribution in [-0.2, 0) is 4.79 Å². The normalized spacial score (nSPS) is 17.7. The van der Waals surface area contributed by atoms with Crippen molar-refractivity contribution >= 4 is 23.8 Å². The molecule has 3 aromatic carbocycles. The number of hydrazone groups is 1. The second-order valence-electron chi connectivity index (χ2n) is 7.36. The highest BCUT2D eigenvalue weighted by atomic mass is 16.2. The van der Waals surface area contributed by atoms with Crippen molar-refractivity contribution in [2.75, 3.05) is 0 Å². The van der Waals surface area contributed by atoms with Crippen molar-refractivity contribution in [3.63, 3.8) is 0 Å². The number of carbonyl (C=O) groups excluding carboxylic acids is 1. The van der Waals surface area contributed by atoms with E-state index in [2.05, 4.69) is 22.7 Å². The Labute approximate surface area is 177 Å². The highest BCUT2D eigenvalue weighted by Crippen LogP contribution is 2.47. The molecule has 1 aliphatic rings. The molecule has 3 nitrogen and oxygen atoms in total. The summed E-state index contributed by atoms with van der Waals surface area (Å²) in [4.78, 5) is 12.6. The number of allylic oxidation sites excluding steroid dienone is 2. The summed E-state index contributed by atoms with van der Waals surface area (Å²) < 4.78 is 0. The van der Waals surface area contributed by atoms with Crippen LogP contribution in [0.15, 0.2) is 108 Å². The molecule has 0 unspecified atom stereocenters. The van der Waals surface area contributed by atoms with Gasteiger partial charge in [-0.15, -0.1) is 0 Å². The molecule has 1 aliphatic carbocycles. The molecule has 0 aliphatic heterocycles. The monoisotopic (exact) mass is 392 g/mol. The Bertz CT molecular complexity index is 1000. The molecular weight excluding hydrogens is 368 g/mol. The minimum Gasteiger partial charge on any atom is -0.273 e. The first-order chi connectivity index (χ1) is 14.8. The second-order valence-corrected chi connectivity index (χ2v) is 7.36. The molecule has 3 heteroatoms. The van der Waals surface area contributed by atoms with Crippen molar-refractivity contribution in [1.29, 1.82) is 0 Å². The Morgan fingerprint density at radius 1 is 0.767 bits per heavy atom. The number of hydrogen-bond acceptors (Lipinski definition) is 2. The molecule has 0 radical (unpaired) electrons. The summed E-state index contributed by atoms with van der Waals surface area (Å²) in [7, 11) is 0. The number of rotatable bonds is 7. The third-order valence-corrected chi connectivity index (χ3v) is 5.14. The van der Waals surface area contributed by atoms with Gasteiger partial charge in [0.05, 0.1) is 5.71 Å². The lowest BCUT2D eigenvalue weighted by Gasteiger charge is -2.02. The lowest BCUT2D eigenvalue weighted by atomic mass is 10.1.